The van der Waals surface area contributed by atoms with Gasteiger partial charge in [0.1, 0.15) is 11.6 Å². The lowest BCUT2D eigenvalue weighted by molar-refractivity contribution is -0.116. The van der Waals surface area contributed by atoms with Gasteiger partial charge < -0.3 is 14.6 Å². The number of para-hydroxylation sites is 1. The van der Waals surface area contributed by atoms with Crippen LogP contribution in [0.2, 0.25) is 0 Å². The summed E-state index contributed by atoms with van der Waals surface area (Å²) in [7, 11) is 1.58. The summed E-state index contributed by atoms with van der Waals surface area (Å²) in [5, 5.41) is 2.74. The topological polar surface area (TPSA) is 56.1 Å². The second-order valence-corrected chi connectivity index (χ2v) is 5.55. The molecule has 1 amide bonds. The van der Waals surface area contributed by atoms with Gasteiger partial charge in [0.2, 0.25) is 5.91 Å². The first-order valence-electron chi connectivity index (χ1n) is 8.03. The van der Waals surface area contributed by atoms with Gasteiger partial charge in [0, 0.05) is 30.6 Å². The molecular formula is C20H18FN3O2. The summed E-state index contributed by atoms with van der Waals surface area (Å²) in [6, 6.07) is 12.2. The average molecular weight is 351 g/mol. The van der Waals surface area contributed by atoms with Gasteiger partial charge in [-0.3, -0.25) is 4.79 Å². The highest BCUT2D eigenvalue weighted by Crippen LogP contribution is 2.18. The van der Waals surface area contributed by atoms with E-state index in [1.165, 1.54) is 18.5 Å². The van der Waals surface area contributed by atoms with Crippen molar-refractivity contribution in [1.29, 1.82) is 0 Å². The fraction of sp³-hybridized carbons (Fsp3) is 0.100. The fourth-order valence-electron chi connectivity index (χ4n) is 2.49. The number of benzene rings is 2. The van der Waals surface area contributed by atoms with Gasteiger partial charge in [0.05, 0.1) is 19.1 Å². The number of carbonyl (C=O) groups is 1. The molecule has 26 heavy (non-hydrogen) atoms. The van der Waals surface area contributed by atoms with Crippen molar-refractivity contribution in [2.24, 2.45) is 0 Å². The maximum Gasteiger partial charge on any atom is 0.244 e. The van der Waals surface area contributed by atoms with E-state index in [9.17, 15) is 9.18 Å². The van der Waals surface area contributed by atoms with Crippen molar-refractivity contribution < 1.29 is 13.9 Å². The molecule has 1 heterocycles. The minimum absolute atomic E-state index is 0.232. The highest BCUT2D eigenvalue weighted by Gasteiger charge is 2.06. The third-order valence-corrected chi connectivity index (χ3v) is 3.81. The van der Waals surface area contributed by atoms with Gasteiger partial charge in [-0.2, -0.15) is 0 Å². The maximum absolute atomic E-state index is 14.2. The van der Waals surface area contributed by atoms with E-state index in [1.807, 2.05) is 24.3 Å². The Hall–Kier alpha value is -3.41. The van der Waals surface area contributed by atoms with Crippen LogP contribution >= 0.6 is 0 Å². The van der Waals surface area contributed by atoms with Crippen molar-refractivity contribution in [3.63, 3.8) is 0 Å². The standard InChI is InChI=1S/C20H18FN3O2/c1-26-19-5-3-2-4-16(19)7-9-20(25)23-13-15-6-8-18(17(21)12-15)24-11-10-22-14-24/h2-12,14H,13H2,1H3,(H,23,25)/b9-7+. The molecule has 0 unspecified atom stereocenters. The van der Waals surface area contributed by atoms with Crippen LogP contribution in [0.3, 0.4) is 0 Å². The molecule has 1 N–H and O–H groups in total. The number of amides is 1. The van der Waals surface area contributed by atoms with E-state index in [4.69, 9.17) is 4.74 Å². The van der Waals surface area contributed by atoms with Gasteiger partial charge in [-0.25, -0.2) is 9.37 Å². The third-order valence-electron chi connectivity index (χ3n) is 3.81. The number of hydrogen-bond acceptors (Lipinski definition) is 3. The molecule has 0 aliphatic carbocycles. The minimum Gasteiger partial charge on any atom is -0.496 e. The third kappa shape index (κ3) is 4.16. The van der Waals surface area contributed by atoms with E-state index in [0.29, 0.717) is 17.0 Å². The van der Waals surface area contributed by atoms with E-state index in [2.05, 4.69) is 10.3 Å². The molecule has 0 aliphatic rings. The molecule has 132 valence electrons. The normalized spacial score (nSPS) is 10.8. The molecule has 6 heteroatoms. The summed E-state index contributed by atoms with van der Waals surface area (Å²) in [4.78, 5) is 15.9. The van der Waals surface area contributed by atoms with E-state index in [0.717, 1.165) is 5.56 Å². The molecule has 3 rings (SSSR count). The van der Waals surface area contributed by atoms with Gasteiger partial charge in [-0.1, -0.05) is 24.3 Å². The quantitative estimate of drug-likeness (QED) is 0.693. The number of carbonyl (C=O) groups excluding carboxylic acids is 1. The number of nitrogens with zero attached hydrogens (tertiary/aromatic N) is 2. The lowest BCUT2D eigenvalue weighted by Gasteiger charge is -2.07. The molecule has 1 aromatic heterocycles. The van der Waals surface area contributed by atoms with Gasteiger partial charge in [-0.15, -0.1) is 0 Å². The van der Waals surface area contributed by atoms with Crippen molar-refractivity contribution in [2.75, 3.05) is 7.11 Å². The van der Waals surface area contributed by atoms with E-state index in [1.54, 1.807) is 42.3 Å². The molecule has 3 aromatic rings. The summed E-state index contributed by atoms with van der Waals surface area (Å²) in [5.74, 6) is 0.0445. The van der Waals surface area contributed by atoms with Crippen LogP contribution in [0.5, 0.6) is 5.75 Å². The Bertz CT molecular complexity index is 921. The monoisotopic (exact) mass is 351 g/mol. The number of methoxy groups -OCH3 is 1. The number of imidazole rings is 1. The molecule has 0 bridgehead atoms. The Balaban J connectivity index is 1.61. The summed E-state index contributed by atoms with van der Waals surface area (Å²) < 4.78 is 21.0. The van der Waals surface area contributed by atoms with Crippen molar-refractivity contribution in [3.8, 4) is 11.4 Å². The number of ether oxygens (including phenoxy) is 1. The molecule has 0 fully saturated rings. The van der Waals surface area contributed by atoms with Crippen molar-refractivity contribution in [3.05, 3.63) is 84.2 Å². The first-order chi connectivity index (χ1) is 12.7. The molecule has 0 saturated heterocycles. The predicted molar refractivity (Wildman–Crippen MR) is 97.4 cm³/mol. The van der Waals surface area contributed by atoms with Crippen LogP contribution in [0.25, 0.3) is 11.8 Å². The first kappa shape index (κ1) is 17.4. The smallest absolute Gasteiger partial charge is 0.244 e. The molecule has 0 spiro atoms. The van der Waals surface area contributed by atoms with Crippen LogP contribution in [0.4, 0.5) is 4.39 Å². The molecule has 0 atom stereocenters. The largest absolute Gasteiger partial charge is 0.496 e. The van der Waals surface area contributed by atoms with Crippen molar-refractivity contribution >= 4 is 12.0 Å². The van der Waals surface area contributed by atoms with Crippen LogP contribution < -0.4 is 10.1 Å². The number of nitrogens with one attached hydrogen (secondary N) is 1. The number of halogens is 1. The summed E-state index contributed by atoms with van der Waals surface area (Å²) in [6.45, 7) is 0.232. The Kier molecular flexibility index (Phi) is 5.43. The first-order valence-corrected chi connectivity index (χ1v) is 8.03. The Morgan fingerprint density at radius 2 is 2.15 bits per heavy atom. The Morgan fingerprint density at radius 1 is 1.31 bits per heavy atom. The van der Waals surface area contributed by atoms with Crippen molar-refractivity contribution in [1.82, 2.24) is 14.9 Å². The molecule has 0 saturated carbocycles. The number of hydrogen-bond donors (Lipinski definition) is 1. The molecular weight excluding hydrogens is 333 g/mol. The highest BCUT2D eigenvalue weighted by molar-refractivity contribution is 5.92. The Morgan fingerprint density at radius 3 is 2.88 bits per heavy atom. The summed E-state index contributed by atoms with van der Waals surface area (Å²) in [5.41, 5.74) is 1.89. The number of aromatic nitrogens is 2. The average Bonchev–Trinajstić information content (AvgIpc) is 3.19. The lowest BCUT2D eigenvalue weighted by atomic mass is 10.1. The zero-order chi connectivity index (χ0) is 18.4. The zero-order valence-corrected chi connectivity index (χ0v) is 14.2. The van der Waals surface area contributed by atoms with Crippen LogP contribution in [-0.2, 0) is 11.3 Å². The van der Waals surface area contributed by atoms with E-state index >= 15 is 0 Å². The van der Waals surface area contributed by atoms with Crippen LogP contribution in [0, 0.1) is 5.82 Å². The predicted octanol–water partition coefficient (Wildman–Crippen LogP) is 3.35. The maximum atomic E-state index is 14.2. The SMILES string of the molecule is COc1ccccc1/C=C/C(=O)NCc1ccc(-n2ccnc2)c(F)c1. The van der Waals surface area contributed by atoms with Crippen LogP contribution in [-0.4, -0.2) is 22.6 Å². The van der Waals surface area contributed by atoms with Gasteiger partial charge >= 0.3 is 0 Å². The second kappa shape index (κ2) is 8.11. The highest BCUT2D eigenvalue weighted by atomic mass is 19.1. The van der Waals surface area contributed by atoms with E-state index in [-0.39, 0.29) is 18.3 Å². The van der Waals surface area contributed by atoms with Gasteiger partial charge in [0.15, 0.2) is 0 Å². The van der Waals surface area contributed by atoms with Gasteiger partial charge in [0.25, 0.3) is 0 Å². The minimum atomic E-state index is -0.376. The molecule has 0 radical (unpaired) electrons. The molecule has 2 aromatic carbocycles. The second-order valence-electron chi connectivity index (χ2n) is 5.55. The molecule has 0 aliphatic heterocycles. The zero-order valence-electron chi connectivity index (χ0n) is 14.2. The molecule has 5 nitrogen and oxygen atoms in total. The van der Waals surface area contributed by atoms with Crippen LogP contribution in [0.15, 0.2) is 67.3 Å². The summed E-state index contributed by atoms with van der Waals surface area (Å²) in [6.07, 6.45) is 7.89. The summed E-state index contributed by atoms with van der Waals surface area (Å²) >= 11 is 0. The lowest BCUT2D eigenvalue weighted by Crippen LogP contribution is -2.20. The van der Waals surface area contributed by atoms with Crippen molar-refractivity contribution in [2.45, 2.75) is 6.54 Å². The Labute approximate surface area is 150 Å². The fourth-order valence-corrected chi connectivity index (χ4v) is 2.49. The number of rotatable bonds is 6. The van der Waals surface area contributed by atoms with Gasteiger partial charge in [-0.05, 0) is 29.8 Å². The van der Waals surface area contributed by atoms with Crippen LogP contribution in [0.1, 0.15) is 11.1 Å². The van der Waals surface area contributed by atoms with E-state index < -0.39 is 0 Å².